The molecule has 7 nitrogen and oxygen atoms in total. The first-order valence-corrected chi connectivity index (χ1v) is 7.92. The van der Waals surface area contributed by atoms with Crippen molar-refractivity contribution in [2.45, 2.75) is 12.8 Å². The van der Waals surface area contributed by atoms with Crippen LogP contribution in [0.2, 0.25) is 0 Å². The van der Waals surface area contributed by atoms with E-state index < -0.39 is 0 Å². The molecule has 0 fully saturated rings. The average Bonchev–Trinajstić information content (AvgIpc) is 3.17. The minimum absolute atomic E-state index is 0.269. The van der Waals surface area contributed by atoms with Crippen LogP contribution in [0.5, 0.6) is 0 Å². The Morgan fingerprint density at radius 2 is 2.17 bits per heavy atom. The first kappa shape index (κ1) is 14.6. The topological polar surface area (TPSA) is 82.2 Å². The van der Waals surface area contributed by atoms with Crippen molar-refractivity contribution in [3.63, 3.8) is 0 Å². The zero-order valence-electron chi connectivity index (χ0n) is 13.3. The number of hydrogen-bond acceptors (Lipinski definition) is 5. The molecule has 0 saturated carbocycles. The predicted molar refractivity (Wildman–Crippen MR) is 88.3 cm³/mol. The number of carbonyl (C=O) groups is 2. The fraction of sp³-hybridized carbons (Fsp3) is 0.294. The van der Waals surface area contributed by atoms with Gasteiger partial charge in [-0.05, 0) is 18.9 Å². The minimum atomic E-state index is -0.281. The smallest absolute Gasteiger partial charge is 0.263 e. The van der Waals surface area contributed by atoms with Gasteiger partial charge < -0.3 is 4.90 Å². The normalized spacial score (nSPS) is 16.7. The molecule has 4 rings (SSSR count). The number of likely N-dealkylation sites (N-methyl/N-ethyl adjacent to an activating group) is 1. The molecule has 0 bridgehead atoms. The van der Waals surface area contributed by atoms with Gasteiger partial charge in [-0.3, -0.25) is 19.6 Å². The van der Waals surface area contributed by atoms with Gasteiger partial charge >= 0.3 is 0 Å². The van der Waals surface area contributed by atoms with E-state index >= 15 is 0 Å². The van der Waals surface area contributed by atoms with Crippen LogP contribution in [-0.4, -0.2) is 56.9 Å². The number of hydrogen-bond donors (Lipinski definition) is 1. The van der Waals surface area contributed by atoms with E-state index in [1.807, 2.05) is 13.1 Å². The van der Waals surface area contributed by atoms with Crippen molar-refractivity contribution in [1.29, 1.82) is 0 Å². The summed E-state index contributed by atoms with van der Waals surface area (Å²) in [5, 5.41) is 7.23. The van der Waals surface area contributed by atoms with Gasteiger partial charge in [0.2, 0.25) is 0 Å². The van der Waals surface area contributed by atoms with Crippen molar-refractivity contribution in [2.24, 2.45) is 0 Å². The van der Waals surface area contributed by atoms with Gasteiger partial charge in [-0.2, -0.15) is 5.10 Å². The first-order chi connectivity index (χ1) is 11.7. The van der Waals surface area contributed by atoms with Gasteiger partial charge in [0.25, 0.3) is 11.8 Å². The standard InChI is InChI=1S/C17H17N5O2/c1-21(11-5-3-2-4-6-11)7-8-22-16(23)13-9-18-15-12(10-19-20-15)14(13)17(22)24/h2-3,5,9-10H,4,6-8H2,1H3,(H,18,19,20). The molecule has 2 aromatic heterocycles. The minimum Gasteiger partial charge on any atom is -0.376 e. The Kier molecular flexibility index (Phi) is 3.41. The Morgan fingerprint density at radius 1 is 1.29 bits per heavy atom. The Bertz CT molecular complexity index is 896. The summed E-state index contributed by atoms with van der Waals surface area (Å²) < 4.78 is 0. The molecule has 0 saturated heterocycles. The number of pyridine rings is 1. The summed E-state index contributed by atoms with van der Waals surface area (Å²) in [6, 6.07) is 0. The second kappa shape index (κ2) is 5.59. The second-order valence-electron chi connectivity index (χ2n) is 5.99. The summed E-state index contributed by atoms with van der Waals surface area (Å²) in [4.78, 5) is 32.8. The van der Waals surface area contributed by atoms with E-state index in [1.54, 1.807) is 6.20 Å². The maximum absolute atomic E-state index is 12.7. The Morgan fingerprint density at radius 3 is 2.96 bits per heavy atom. The van der Waals surface area contributed by atoms with Gasteiger partial charge in [-0.25, -0.2) is 4.98 Å². The van der Waals surface area contributed by atoms with E-state index in [-0.39, 0.29) is 11.8 Å². The molecule has 24 heavy (non-hydrogen) atoms. The summed E-state index contributed by atoms with van der Waals surface area (Å²) in [7, 11) is 1.99. The van der Waals surface area contributed by atoms with Gasteiger partial charge in [0.1, 0.15) is 0 Å². The quantitative estimate of drug-likeness (QED) is 0.866. The lowest BCUT2D eigenvalue weighted by atomic mass is 10.1. The van der Waals surface area contributed by atoms with Crippen LogP contribution < -0.4 is 0 Å². The van der Waals surface area contributed by atoms with E-state index in [4.69, 9.17) is 0 Å². The molecule has 1 aliphatic carbocycles. The van der Waals surface area contributed by atoms with Crippen molar-refractivity contribution in [1.82, 2.24) is 25.0 Å². The van der Waals surface area contributed by atoms with Gasteiger partial charge in [0, 0.05) is 32.0 Å². The number of nitrogens with zero attached hydrogens (tertiary/aromatic N) is 4. The Labute approximate surface area is 138 Å². The highest BCUT2D eigenvalue weighted by Gasteiger charge is 2.37. The lowest BCUT2D eigenvalue weighted by Crippen LogP contribution is -2.36. The molecule has 0 unspecified atom stereocenters. The molecule has 3 heterocycles. The molecular formula is C17H17N5O2. The lowest BCUT2D eigenvalue weighted by molar-refractivity contribution is 0.0645. The summed E-state index contributed by atoms with van der Waals surface area (Å²) in [6.07, 6.45) is 11.2. The number of allylic oxidation sites excluding steroid dienone is 4. The van der Waals surface area contributed by atoms with E-state index in [9.17, 15) is 9.59 Å². The molecule has 0 atom stereocenters. The van der Waals surface area contributed by atoms with Crippen molar-refractivity contribution >= 4 is 22.8 Å². The fourth-order valence-electron chi connectivity index (χ4n) is 3.17. The molecule has 1 N–H and O–H groups in total. The molecule has 122 valence electrons. The SMILES string of the molecule is CN(CCN1C(=O)c2cnc3[nH]ncc3c2C1=O)C1=CC=CCC1. The molecule has 0 spiro atoms. The zero-order valence-corrected chi connectivity index (χ0v) is 13.3. The Balaban J connectivity index is 1.55. The average molecular weight is 323 g/mol. The number of fused-ring (bicyclic) bond motifs is 3. The number of nitrogens with one attached hydrogen (secondary N) is 1. The fourth-order valence-corrected chi connectivity index (χ4v) is 3.17. The highest BCUT2D eigenvalue weighted by molar-refractivity contribution is 6.25. The molecule has 0 aromatic carbocycles. The van der Waals surface area contributed by atoms with E-state index in [0.29, 0.717) is 35.2 Å². The summed E-state index contributed by atoms with van der Waals surface area (Å²) in [6.45, 7) is 0.955. The molecule has 2 aliphatic rings. The molecule has 0 radical (unpaired) electrons. The van der Waals surface area contributed by atoms with Crippen molar-refractivity contribution in [2.75, 3.05) is 20.1 Å². The predicted octanol–water partition coefficient (Wildman–Crippen LogP) is 1.72. The monoisotopic (exact) mass is 323 g/mol. The highest BCUT2D eigenvalue weighted by Crippen LogP contribution is 2.28. The number of H-pyrrole nitrogens is 1. The Hall–Kier alpha value is -2.96. The number of imide groups is 1. The molecule has 2 amide bonds. The number of aromatic amines is 1. The number of rotatable bonds is 4. The highest BCUT2D eigenvalue weighted by atomic mass is 16.2. The molecule has 2 aromatic rings. The van der Waals surface area contributed by atoms with Crippen LogP contribution in [0.4, 0.5) is 0 Å². The zero-order chi connectivity index (χ0) is 16.7. The van der Waals surface area contributed by atoms with Crippen LogP contribution in [0.3, 0.4) is 0 Å². The summed E-state index contributed by atoms with van der Waals surface area (Å²) in [5.74, 6) is -0.550. The third kappa shape index (κ3) is 2.20. The van der Waals surface area contributed by atoms with Crippen LogP contribution >= 0.6 is 0 Å². The third-order valence-corrected chi connectivity index (χ3v) is 4.56. The molecular weight excluding hydrogens is 306 g/mol. The van der Waals surface area contributed by atoms with Crippen LogP contribution in [0.15, 0.2) is 36.3 Å². The van der Waals surface area contributed by atoms with Crippen LogP contribution in [0.25, 0.3) is 11.0 Å². The number of carbonyl (C=O) groups excluding carboxylic acids is 2. The third-order valence-electron chi connectivity index (χ3n) is 4.56. The second-order valence-corrected chi connectivity index (χ2v) is 5.99. The van der Waals surface area contributed by atoms with Gasteiger partial charge in [0.15, 0.2) is 5.65 Å². The summed E-state index contributed by atoms with van der Waals surface area (Å²) >= 11 is 0. The van der Waals surface area contributed by atoms with Crippen LogP contribution in [-0.2, 0) is 0 Å². The van der Waals surface area contributed by atoms with Crippen LogP contribution in [0.1, 0.15) is 33.6 Å². The van der Waals surface area contributed by atoms with E-state index in [2.05, 4.69) is 32.2 Å². The van der Waals surface area contributed by atoms with Crippen molar-refractivity contribution in [3.8, 4) is 0 Å². The van der Waals surface area contributed by atoms with E-state index in [1.165, 1.54) is 16.8 Å². The summed E-state index contributed by atoms with van der Waals surface area (Å²) in [5.41, 5.74) is 2.50. The molecule has 7 heteroatoms. The van der Waals surface area contributed by atoms with Crippen molar-refractivity contribution in [3.05, 3.63) is 47.4 Å². The van der Waals surface area contributed by atoms with Crippen molar-refractivity contribution < 1.29 is 9.59 Å². The maximum Gasteiger partial charge on any atom is 0.263 e. The van der Waals surface area contributed by atoms with Gasteiger partial charge in [-0.15, -0.1) is 0 Å². The van der Waals surface area contributed by atoms with Crippen LogP contribution in [0, 0.1) is 0 Å². The number of amides is 2. The van der Waals surface area contributed by atoms with Gasteiger partial charge in [0.05, 0.1) is 22.7 Å². The number of aromatic nitrogens is 3. The maximum atomic E-state index is 12.7. The first-order valence-electron chi connectivity index (χ1n) is 7.92. The lowest BCUT2D eigenvalue weighted by Gasteiger charge is -2.25. The van der Waals surface area contributed by atoms with Gasteiger partial charge in [-0.1, -0.05) is 12.2 Å². The molecule has 1 aliphatic heterocycles. The van der Waals surface area contributed by atoms with E-state index in [0.717, 1.165) is 12.8 Å². The largest absolute Gasteiger partial charge is 0.376 e.